The predicted octanol–water partition coefficient (Wildman–Crippen LogP) is 4.83. The Balaban J connectivity index is 1.63. The van der Waals surface area contributed by atoms with E-state index in [1.807, 2.05) is 6.07 Å². The third kappa shape index (κ3) is 2.22. The first-order valence-electron chi connectivity index (χ1n) is 9.46. The number of H-pyrrole nitrogens is 1. The summed E-state index contributed by atoms with van der Waals surface area (Å²) in [7, 11) is 0. The van der Waals surface area contributed by atoms with E-state index in [1.54, 1.807) is 0 Å². The van der Waals surface area contributed by atoms with Gasteiger partial charge in [-0.2, -0.15) is 0 Å². The van der Waals surface area contributed by atoms with Gasteiger partial charge in [0.1, 0.15) is 0 Å². The van der Waals surface area contributed by atoms with Crippen molar-refractivity contribution in [2.24, 2.45) is 5.73 Å². The summed E-state index contributed by atoms with van der Waals surface area (Å²) in [5, 5.41) is 0. The van der Waals surface area contributed by atoms with Gasteiger partial charge in [-0.1, -0.05) is 65.9 Å². The Bertz CT molecular complexity index is 1350. The van der Waals surface area contributed by atoms with Gasteiger partial charge >= 0.3 is 4.87 Å². The summed E-state index contributed by atoms with van der Waals surface area (Å²) in [5.41, 5.74) is 14.7. The number of hydrogen-bond acceptors (Lipinski definition) is 3. The fraction of sp³-hybridized carbons (Fsp3) is 0.125. The number of rotatable bonds is 1. The van der Waals surface area contributed by atoms with Crippen molar-refractivity contribution >= 4 is 33.2 Å². The molecule has 3 N–H and O–H groups in total. The second-order valence-corrected chi connectivity index (χ2v) is 8.77. The standard InChI is InChI=1S/C24H18N2OS/c25-24-13-20(24)16-6-2-1-5-15(16)18(17-7-3-4-8-19(17)24)11-14-9-10-22-21(12-14)26-23(27)28-22/h1-12,20H,13,25H2,(H,26,27)/t20-,24-/m1/s1. The maximum atomic E-state index is 11.7. The lowest BCUT2D eigenvalue weighted by atomic mass is 9.90. The summed E-state index contributed by atoms with van der Waals surface area (Å²) in [6, 6.07) is 23.3. The topological polar surface area (TPSA) is 58.9 Å². The van der Waals surface area contributed by atoms with Crippen LogP contribution in [0.2, 0.25) is 0 Å². The molecule has 0 bridgehead atoms. The molecule has 1 aromatic heterocycles. The number of thiazole rings is 1. The zero-order valence-electron chi connectivity index (χ0n) is 15.1. The molecule has 28 heavy (non-hydrogen) atoms. The molecule has 6 rings (SSSR count). The van der Waals surface area contributed by atoms with Crippen molar-refractivity contribution in [3.05, 3.63) is 104 Å². The smallest absolute Gasteiger partial charge is 0.305 e. The highest BCUT2D eigenvalue weighted by atomic mass is 32.1. The molecule has 4 aromatic rings. The molecule has 3 aromatic carbocycles. The first kappa shape index (κ1) is 16.0. The van der Waals surface area contributed by atoms with Crippen LogP contribution in [0.25, 0.3) is 21.9 Å². The van der Waals surface area contributed by atoms with Crippen LogP contribution in [0.3, 0.4) is 0 Å². The third-order valence-corrected chi connectivity index (χ3v) is 6.97. The molecule has 0 spiro atoms. The van der Waals surface area contributed by atoms with E-state index in [4.69, 9.17) is 5.73 Å². The highest BCUT2D eigenvalue weighted by molar-refractivity contribution is 7.16. The Morgan fingerprint density at radius 2 is 1.82 bits per heavy atom. The maximum Gasteiger partial charge on any atom is 0.305 e. The minimum atomic E-state index is -0.273. The monoisotopic (exact) mass is 382 g/mol. The zero-order valence-corrected chi connectivity index (χ0v) is 15.9. The van der Waals surface area contributed by atoms with Crippen molar-refractivity contribution in [3.8, 4) is 0 Å². The molecule has 0 radical (unpaired) electrons. The Labute approximate surface area is 166 Å². The maximum absolute atomic E-state index is 11.7. The van der Waals surface area contributed by atoms with Gasteiger partial charge in [0.25, 0.3) is 0 Å². The van der Waals surface area contributed by atoms with Crippen LogP contribution in [0.1, 0.15) is 40.2 Å². The van der Waals surface area contributed by atoms with Crippen molar-refractivity contribution in [1.82, 2.24) is 4.98 Å². The van der Waals surface area contributed by atoms with Crippen LogP contribution in [-0.4, -0.2) is 4.98 Å². The van der Waals surface area contributed by atoms with Gasteiger partial charge in [-0.15, -0.1) is 0 Å². The number of fused-ring (bicyclic) bond motifs is 6. The van der Waals surface area contributed by atoms with Crippen molar-refractivity contribution in [1.29, 1.82) is 0 Å². The normalized spacial score (nSPS) is 23.8. The van der Waals surface area contributed by atoms with Gasteiger partial charge in [-0.25, -0.2) is 0 Å². The third-order valence-electron chi connectivity index (χ3n) is 6.10. The predicted molar refractivity (Wildman–Crippen MR) is 116 cm³/mol. The minimum Gasteiger partial charge on any atom is -0.321 e. The lowest BCUT2D eigenvalue weighted by molar-refractivity contribution is 0.707. The number of nitrogens with one attached hydrogen (secondary N) is 1. The van der Waals surface area contributed by atoms with Crippen LogP contribution >= 0.6 is 11.3 Å². The van der Waals surface area contributed by atoms with E-state index in [-0.39, 0.29) is 10.4 Å². The fourth-order valence-corrected chi connectivity index (χ4v) is 5.38. The molecule has 2 aliphatic carbocycles. The van der Waals surface area contributed by atoms with E-state index >= 15 is 0 Å². The van der Waals surface area contributed by atoms with E-state index in [9.17, 15) is 4.79 Å². The molecular formula is C24H18N2OS. The summed E-state index contributed by atoms with van der Waals surface area (Å²) < 4.78 is 0.982. The molecule has 0 unspecified atom stereocenters. The van der Waals surface area contributed by atoms with Crippen LogP contribution in [0, 0.1) is 0 Å². The largest absolute Gasteiger partial charge is 0.321 e. The lowest BCUT2D eigenvalue weighted by Crippen LogP contribution is -2.22. The molecule has 2 atom stereocenters. The quantitative estimate of drug-likeness (QED) is 0.495. The highest BCUT2D eigenvalue weighted by Crippen LogP contribution is 2.61. The SMILES string of the molecule is N[C@@]12C[C@@H]1c1ccccc1C(=Cc1ccc3sc(=O)[nH]c3c1)c1ccccc12. The zero-order chi connectivity index (χ0) is 18.9. The Morgan fingerprint density at radius 3 is 2.71 bits per heavy atom. The van der Waals surface area contributed by atoms with Crippen LogP contribution in [0.4, 0.5) is 0 Å². The molecule has 1 fully saturated rings. The van der Waals surface area contributed by atoms with Gasteiger partial charge in [0.05, 0.1) is 10.2 Å². The van der Waals surface area contributed by atoms with Crippen molar-refractivity contribution in [2.75, 3.05) is 0 Å². The number of hydrogen-bond donors (Lipinski definition) is 2. The summed E-state index contributed by atoms with van der Waals surface area (Å²) in [5.74, 6) is 0.367. The average molecular weight is 382 g/mol. The molecule has 3 nitrogen and oxygen atoms in total. The van der Waals surface area contributed by atoms with Crippen LogP contribution in [-0.2, 0) is 5.54 Å². The van der Waals surface area contributed by atoms with E-state index in [2.05, 4.69) is 71.7 Å². The second-order valence-electron chi connectivity index (χ2n) is 7.76. The van der Waals surface area contributed by atoms with E-state index in [1.165, 1.54) is 39.2 Å². The molecule has 0 amide bonds. The van der Waals surface area contributed by atoms with Gasteiger partial charge in [-0.05, 0) is 58.0 Å². The number of aromatic nitrogens is 1. The molecular weight excluding hydrogens is 364 g/mol. The second kappa shape index (κ2) is 5.53. The fourth-order valence-electron chi connectivity index (χ4n) is 4.66. The Hall–Kier alpha value is -2.95. The van der Waals surface area contributed by atoms with Crippen LogP contribution in [0.15, 0.2) is 71.5 Å². The van der Waals surface area contributed by atoms with E-state index in [0.717, 1.165) is 22.2 Å². The highest BCUT2D eigenvalue weighted by Gasteiger charge is 2.56. The van der Waals surface area contributed by atoms with E-state index < -0.39 is 0 Å². The van der Waals surface area contributed by atoms with Gasteiger partial charge in [0, 0.05) is 11.5 Å². The number of nitrogens with two attached hydrogens (primary N) is 1. The molecule has 1 heterocycles. The molecule has 136 valence electrons. The lowest BCUT2D eigenvalue weighted by Gasteiger charge is -2.16. The Kier molecular flexibility index (Phi) is 3.17. The van der Waals surface area contributed by atoms with Gasteiger partial charge < -0.3 is 10.7 Å². The average Bonchev–Trinajstić information content (AvgIpc) is 3.27. The van der Waals surface area contributed by atoms with Gasteiger partial charge in [0.2, 0.25) is 0 Å². The first-order chi connectivity index (χ1) is 13.6. The van der Waals surface area contributed by atoms with Crippen molar-refractivity contribution in [3.63, 3.8) is 0 Å². The first-order valence-corrected chi connectivity index (χ1v) is 10.3. The van der Waals surface area contributed by atoms with Crippen LogP contribution < -0.4 is 10.6 Å². The van der Waals surface area contributed by atoms with Crippen molar-refractivity contribution < 1.29 is 0 Å². The minimum absolute atomic E-state index is 0.0184. The summed E-state index contributed by atoms with van der Waals surface area (Å²) in [6.45, 7) is 0. The molecule has 0 aliphatic heterocycles. The Morgan fingerprint density at radius 1 is 1.04 bits per heavy atom. The molecule has 0 saturated heterocycles. The van der Waals surface area contributed by atoms with Crippen LogP contribution in [0.5, 0.6) is 0 Å². The number of aromatic amines is 1. The van der Waals surface area contributed by atoms with Gasteiger partial charge in [0.15, 0.2) is 0 Å². The summed E-state index contributed by atoms with van der Waals surface area (Å²) in [4.78, 5) is 14.6. The summed E-state index contributed by atoms with van der Waals surface area (Å²) in [6.07, 6.45) is 3.22. The molecule has 2 aliphatic rings. The number of benzene rings is 3. The van der Waals surface area contributed by atoms with Crippen molar-refractivity contribution in [2.45, 2.75) is 17.9 Å². The van der Waals surface area contributed by atoms with E-state index in [0.29, 0.717) is 5.92 Å². The molecule has 4 heteroatoms. The molecule has 1 saturated carbocycles. The summed E-state index contributed by atoms with van der Waals surface area (Å²) >= 11 is 1.24. The van der Waals surface area contributed by atoms with Gasteiger partial charge in [-0.3, -0.25) is 4.79 Å².